The van der Waals surface area contributed by atoms with Crippen molar-refractivity contribution in [3.8, 4) is 11.5 Å². The molecule has 178 valence electrons. The van der Waals surface area contributed by atoms with Gasteiger partial charge in [-0.3, -0.25) is 9.59 Å². The van der Waals surface area contributed by atoms with Crippen molar-refractivity contribution in [1.29, 1.82) is 0 Å². The smallest absolute Gasteiger partial charge is 0.283 e. The van der Waals surface area contributed by atoms with E-state index < -0.39 is 11.8 Å². The molecule has 1 aliphatic heterocycles. The molecule has 6 heteroatoms. The van der Waals surface area contributed by atoms with Gasteiger partial charge in [-0.1, -0.05) is 90.5 Å². The molecule has 4 aromatic rings. The zero-order chi connectivity index (χ0) is 24.9. The third kappa shape index (κ3) is 5.02. The number of hydrogen-bond donors (Lipinski definition) is 0. The molecule has 2 amide bonds. The van der Waals surface area contributed by atoms with E-state index in [9.17, 15) is 9.59 Å². The molecular formula is C30H23ClN2O3. The van der Waals surface area contributed by atoms with Gasteiger partial charge in [0, 0.05) is 13.1 Å². The topological polar surface area (TPSA) is 49.9 Å². The van der Waals surface area contributed by atoms with E-state index in [-0.39, 0.29) is 10.7 Å². The molecule has 0 aliphatic carbocycles. The quantitative estimate of drug-likeness (QED) is 0.262. The van der Waals surface area contributed by atoms with Gasteiger partial charge in [0.15, 0.2) is 0 Å². The first-order valence-corrected chi connectivity index (χ1v) is 11.9. The van der Waals surface area contributed by atoms with Crippen LogP contribution in [-0.2, 0) is 22.7 Å². The molecule has 0 radical (unpaired) electrons. The number of amides is 2. The van der Waals surface area contributed by atoms with Crippen molar-refractivity contribution in [3.05, 3.63) is 137 Å². The molecule has 5 rings (SSSR count). The molecule has 1 heterocycles. The van der Waals surface area contributed by atoms with Crippen LogP contribution in [0.3, 0.4) is 0 Å². The van der Waals surface area contributed by atoms with Crippen LogP contribution in [0.4, 0.5) is 5.69 Å². The number of benzene rings is 4. The molecule has 0 unspecified atom stereocenters. The minimum Gasteiger partial charge on any atom is -0.457 e. The Bertz CT molecular complexity index is 1350. The third-order valence-electron chi connectivity index (χ3n) is 5.83. The summed E-state index contributed by atoms with van der Waals surface area (Å²) in [6, 6.07) is 35.8. The molecule has 0 spiro atoms. The Morgan fingerprint density at radius 3 is 1.61 bits per heavy atom. The van der Waals surface area contributed by atoms with Crippen molar-refractivity contribution in [3.63, 3.8) is 0 Å². The number of carbonyl (C=O) groups excluding carboxylic acids is 2. The van der Waals surface area contributed by atoms with Crippen LogP contribution in [0.1, 0.15) is 11.1 Å². The Kier molecular flexibility index (Phi) is 6.83. The van der Waals surface area contributed by atoms with Gasteiger partial charge in [0.1, 0.15) is 22.2 Å². The molecular weight excluding hydrogens is 472 g/mol. The number of imide groups is 1. The number of para-hydroxylation sites is 1. The minimum atomic E-state index is -0.542. The molecule has 0 saturated heterocycles. The molecule has 0 aromatic heterocycles. The van der Waals surface area contributed by atoms with Crippen molar-refractivity contribution >= 4 is 29.1 Å². The Balaban J connectivity index is 1.41. The van der Waals surface area contributed by atoms with Crippen molar-refractivity contribution in [2.45, 2.75) is 13.1 Å². The number of rotatable bonds is 8. The number of nitrogens with zero attached hydrogens (tertiary/aromatic N) is 2. The monoisotopic (exact) mass is 494 g/mol. The predicted molar refractivity (Wildman–Crippen MR) is 140 cm³/mol. The fraction of sp³-hybridized carbons (Fsp3) is 0.0667. The van der Waals surface area contributed by atoms with Crippen LogP contribution in [0.5, 0.6) is 11.5 Å². The molecule has 0 fully saturated rings. The van der Waals surface area contributed by atoms with Gasteiger partial charge in [0.05, 0.1) is 5.69 Å². The summed E-state index contributed by atoms with van der Waals surface area (Å²) in [4.78, 5) is 29.8. The molecule has 0 bridgehead atoms. The van der Waals surface area contributed by atoms with Gasteiger partial charge in [-0.25, -0.2) is 4.90 Å². The van der Waals surface area contributed by atoms with Crippen molar-refractivity contribution in [1.82, 2.24) is 4.90 Å². The maximum absolute atomic E-state index is 13.6. The summed E-state index contributed by atoms with van der Waals surface area (Å²) in [5.41, 5.74) is 2.63. The first kappa shape index (κ1) is 23.4. The van der Waals surface area contributed by atoms with Crippen LogP contribution in [0.15, 0.2) is 126 Å². The Labute approximate surface area is 214 Å². The highest BCUT2D eigenvalue weighted by Crippen LogP contribution is 2.34. The number of halogens is 1. The molecule has 5 nitrogen and oxygen atoms in total. The van der Waals surface area contributed by atoms with E-state index in [1.165, 1.54) is 0 Å². The zero-order valence-electron chi connectivity index (χ0n) is 19.4. The summed E-state index contributed by atoms with van der Waals surface area (Å²) in [5, 5.41) is -0.0866. The van der Waals surface area contributed by atoms with E-state index in [4.69, 9.17) is 16.3 Å². The lowest BCUT2D eigenvalue weighted by Gasteiger charge is -2.26. The molecule has 4 aromatic carbocycles. The summed E-state index contributed by atoms with van der Waals surface area (Å²) in [5.74, 6) is 0.300. The van der Waals surface area contributed by atoms with Crippen molar-refractivity contribution < 1.29 is 14.3 Å². The lowest BCUT2D eigenvalue weighted by Crippen LogP contribution is -2.35. The summed E-state index contributed by atoms with van der Waals surface area (Å²) in [7, 11) is 0. The van der Waals surface area contributed by atoms with Crippen molar-refractivity contribution in [2.24, 2.45) is 0 Å². The SMILES string of the molecule is O=C1C(Cl)=C(N(Cc2ccccc2)Cc2ccccc2)C(=O)N1c1ccc(Oc2ccccc2)cc1. The largest absolute Gasteiger partial charge is 0.457 e. The zero-order valence-corrected chi connectivity index (χ0v) is 20.1. The molecule has 36 heavy (non-hydrogen) atoms. The standard InChI is InChI=1S/C30H23ClN2O3/c31-27-28(32(20-22-10-4-1-5-11-22)21-23-12-6-2-7-13-23)30(35)33(29(27)34)24-16-18-26(19-17-24)36-25-14-8-3-9-15-25/h1-19H,20-21H2. The Hall–Kier alpha value is -4.35. The average Bonchev–Trinajstić information content (AvgIpc) is 3.13. The third-order valence-corrected chi connectivity index (χ3v) is 6.17. The Morgan fingerprint density at radius 2 is 1.08 bits per heavy atom. The first-order chi connectivity index (χ1) is 17.6. The first-order valence-electron chi connectivity index (χ1n) is 11.5. The maximum Gasteiger partial charge on any atom is 0.283 e. The van der Waals surface area contributed by atoms with Crippen LogP contribution >= 0.6 is 11.6 Å². The van der Waals surface area contributed by atoms with Gasteiger partial charge in [0.25, 0.3) is 11.8 Å². The van der Waals surface area contributed by atoms with E-state index in [2.05, 4.69) is 0 Å². The number of carbonyl (C=O) groups is 2. The number of anilines is 1. The molecule has 1 aliphatic rings. The average molecular weight is 495 g/mol. The second kappa shape index (κ2) is 10.5. The van der Waals surface area contributed by atoms with E-state index in [0.29, 0.717) is 30.3 Å². The fourth-order valence-corrected chi connectivity index (χ4v) is 4.39. The summed E-state index contributed by atoms with van der Waals surface area (Å²) >= 11 is 6.54. The summed E-state index contributed by atoms with van der Waals surface area (Å²) < 4.78 is 5.83. The van der Waals surface area contributed by atoms with Gasteiger partial charge in [0.2, 0.25) is 0 Å². The summed E-state index contributed by atoms with van der Waals surface area (Å²) in [6.07, 6.45) is 0. The van der Waals surface area contributed by atoms with Gasteiger partial charge in [-0.2, -0.15) is 0 Å². The van der Waals surface area contributed by atoms with Crippen LogP contribution in [-0.4, -0.2) is 16.7 Å². The van der Waals surface area contributed by atoms with Gasteiger partial charge < -0.3 is 9.64 Å². The number of hydrogen-bond acceptors (Lipinski definition) is 4. The fourth-order valence-electron chi connectivity index (χ4n) is 4.11. The number of ether oxygens (including phenoxy) is 1. The highest BCUT2D eigenvalue weighted by molar-refractivity contribution is 6.52. The van der Waals surface area contributed by atoms with E-state index in [1.54, 1.807) is 24.3 Å². The Morgan fingerprint density at radius 1 is 0.611 bits per heavy atom. The van der Waals surface area contributed by atoms with E-state index >= 15 is 0 Å². The van der Waals surface area contributed by atoms with Gasteiger partial charge in [-0.15, -0.1) is 0 Å². The van der Waals surface area contributed by atoms with Crippen LogP contribution in [0.2, 0.25) is 0 Å². The molecule has 0 atom stereocenters. The maximum atomic E-state index is 13.6. The van der Waals surface area contributed by atoms with Crippen LogP contribution in [0, 0.1) is 0 Å². The second-order valence-corrected chi connectivity index (χ2v) is 8.72. The molecule has 0 N–H and O–H groups in total. The van der Waals surface area contributed by atoms with E-state index in [1.807, 2.05) is 95.9 Å². The second-order valence-electron chi connectivity index (χ2n) is 8.34. The van der Waals surface area contributed by atoms with Gasteiger partial charge >= 0.3 is 0 Å². The lowest BCUT2D eigenvalue weighted by molar-refractivity contribution is -0.121. The highest BCUT2D eigenvalue weighted by Gasteiger charge is 2.41. The minimum absolute atomic E-state index is 0.0866. The lowest BCUT2D eigenvalue weighted by atomic mass is 10.1. The predicted octanol–water partition coefficient (Wildman–Crippen LogP) is 6.50. The van der Waals surface area contributed by atoms with Gasteiger partial charge in [-0.05, 0) is 47.5 Å². The van der Waals surface area contributed by atoms with E-state index in [0.717, 1.165) is 16.0 Å². The van der Waals surface area contributed by atoms with Crippen LogP contribution in [0.25, 0.3) is 0 Å². The molecule has 0 saturated carbocycles. The van der Waals surface area contributed by atoms with Crippen LogP contribution < -0.4 is 9.64 Å². The normalized spacial score (nSPS) is 13.3. The van der Waals surface area contributed by atoms with Crippen molar-refractivity contribution in [2.75, 3.05) is 4.90 Å². The summed E-state index contributed by atoms with van der Waals surface area (Å²) in [6.45, 7) is 0.857. The highest BCUT2D eigenvalue weighted by atomic mass is 35.5.